The molecule has 17 heavy (non-hydrogen) atoms. The van der Waals surface area contributed by atoms with E-state index in [2.05, 4.69) is 16.6 Å². The molecule has 0 fully saturated rings. The van der Waals surface area contributed by atoms with Crippen LogP contribution in [-0.2, 0) is 0 Å². The molecule has 0 bridgehead atoms. The van der Waals surface area contributed by atoms with E-state index in [1.165, 1.54) is 0 Å². The molecule has 0 saturated carbocycles. The Labute approximate surface area is 102 Å². The summed E-state index contributed by atoms with van der Waals surface area (Å²) in [5.41, 5.74) is 1.86. The molecule has 0 spiro atoms. The van der Waals surface area contributed by atoms with Gasteiger partial charge in [-0.1, -0.05) is 18.7 Å². The molecule has 0 atom stereocenters. The van der Waals surface area contributed by atoms with Gasteiger partial charge in [0.2, 0.25) is 0 Å². The van der Waals surface area contributed by atoms with E-state index in [0.717, 1.165) is 22.9 Å². The minimum atomic E-state index is 0.781. The van der Waals surface area contributed by atoms with Gasteiger partial charge in [0.25, 0.3) is 0 Å². The number of allylic oxidation sites excluding steroid dienone is 2. The molecule has 0 saturated heterocycles. The fraction of sp³-hybridized carbons (Fsp3) is 0.143. The molecule has 2 rings (SSSR count). The molecule has 2 heterocycles. The molecule has 0 radical (unpaired) electrons. The Morgan fingerprint density at radius 3 is 2.88 bits per heavy atom. The summed E-state index contributed by atoms with van der Waals surface area (Å²) in [4.78, 5) is 10.8. The van der Waals surface area contributed by atoms with Crippen LogP contribution in [0.15, 0.2) is 65.6 Å². The topological polar surface area (TPSA) is 28.5 Å². The summed E-state index contributed by atoms with van der Waals surface area (Å²) in [6.45, 7) is 7.71. The average Bonchev–Trinajstić information content (AvgIpc) is 2.72. The smallest absolute Gasteiger partial charge is 0.145 e. The largest absolute Gasteiger partial charge is 0.285 e. The van der Waals surface area contributed by atoms with Crippen molar-refractivity contribution < 1.29 is 0 Å². The highest BCUT2D eigenvalue weighted by Gasteiger charge is 2.20. The van der Waals surface area contributed by atoms with Gasteiger partial charge in [-0.25, -0.2) is 9.98 Å². The van der Waals surface area contributed by atoms with Crippen molar-refractivity contribution in [2.75, 3.05) is 4.90 Å². The standard InChI is InChI=1S/C14H15N3/c1-4-12-8-10-17(14(12)16-11(2)3)13-7-5-6-9-15-13/h4-10H,2H2,1,3H3/b12-4-,16-14?. The number of amidine groups is 1. The van der Waals surface area contributed by atoms with Crippen LogP contribution in [-0.4, -0.2) is 10.8 Å². The number of nitrogens with zero attached hydrogens (tertiary/aromatic N) is 3. The third-order valence-corrected chi connectivity index (χ3v) is 2.39. The molecule has 3 heteroatoms. The fourth-order valence-corrected chi connectivity index (χ4v) is 1.64. The first kappa shape index (κ1) is 11.3. The van der Waals surface area contributed by atoms with Crippen molar-refractivity contribution in [1.29, 1.82) is 0 Å². The van der Waals surface area contributed by atoms with Gasteiger partial charge in [-0.2, -0.15) is 0 Å². The van der Waals surface area contributed by atoms with Gasteiger partial charge in [0, 0.05) is 23.7 Å². The van der Waals surface area contributed by atoms with Gasteiger partial charge >= 0.3 is 0 Å². The molecule has 3 nitrogen and oxygen atoms in total. The van der Waals surface area contributed by atoms with Crippen LogP contribution in [0.1, 0.15) is 13.8 Å². The molecule has 1 aliphatic rings. The van der Waals surface area contributed by atoms with Crippen LogP contribution in [0.25, 0.3) is 0 Å². The van der Waals surface area contributed by atoms with Crippen molar-refractivity contribution >= 4 is 11.7 Å². The maximum atomic E-state index is 4.46. The van der Waals surface area contributed by atoms with E-state index in [0.29, 0.717) is 0 Å². The predicted molar refractivity (Wildman–Crippen MR) is 71.9 cm³/mol. The molecule has 0 N–H and O–H groups in total. The Kier molecular flexibility index (Phi) is 3.19. The minimum absolute atomic E-state index is 0.781. The maximum Gasteiger partial charge on any atom is 0.145 e. The molecular formula is C14H15N3. The van der Waals surface area contributed by atoms with E-state index < -0.39 is 0 Å². The lowest BCUT2D eigenvalue weighted by molar-refractivity contribution is 1.20. The van der Waals surface area contributed by atoms with Crippen LogP contribution in [0.2, 0.25) is 0 Å². The van der Waals surface area contributed by atoms with Gasteiger partial charge in [0.1, 0.15) is 11.7 Å². The van der Waals surface area contributed by atoms with Crippen molar-refractivity contribution in [2.45, 2.75) is 13.8 Å². The summed E-state index contributed by atoms with van der Waals surface area (Å²) < 4.78 is 0. The molecule has 0 aromatic carbocycles. The second-order valence-electron chi connectivity index (χ2n) is 3.79. The third kappa shape index (κ3) is 2.33. The first-order valence-corrected chi connectivity index (χ1v) is 5.51. The van der Waals surface area contributed by atoms with Crippen LogP contribution in [0.4, 0.5) is 5.82 Å². The van der Waals surface area contributed by atoms with Crippen LogP contribution in [0, 0.1) is 0 Å². The number of hydrogen-bond acceptors (Lipinski definition) is 2. The molecule has 0 unspecified atom stereocenters. The first-order chi connectivity index (χ1) is 8.22. The predicted octanol–water partition coefficient (Wildman–Crippen LogP) is 3.29. The quantitative estimate of drug-likeness (QED) is 0.772. The normalized spacial score (nSPS) is 19.3. The first-order valence-electron chi connectivity index (χ1n) is 5.51. The number of aromatic nitrogens is 1. The van der Waals surface area contributed by atoms with E-state index >= 15 is 0 Å². The lowest BCUT2D eigenvalue weighted by atomic mass is 10.2. The molecule has 1 aromatic rings. The van der Waals surface area contributed by atoms with Gasteiger partial charge in [0.05, 0.1) is 0 Å². The summed E-state index contributed by atoms with van der Waals surface area (Å²) in [7, 11) is 0. The van der Waals surface area contributed by atoms with Crippen molar-refractivity contribution in [3.05, 3.63) is 60.6 Å². The van der Waals surface area contributed by atoms with E-state index in [1.807, 2.05) is 55.3 Å². The van der Waals surface area contributed by atoms with E-state index in [9.17, 15) is 0 Å². The van der Waals surface area contributed by atoms with Crippen LogP contribution < -0.4 is 4.90 Å². The second-order valence-corrected chi connectivity index (χ2v) is 3.79. The third-order valence-electron chi connectivity index (χ3n) is 2.39. The Hall–Kier alpha value is -2.16. The second kappa shape index (κ2) is 4.78. The number of anilines is 1. The molecule has 0 aliphatic carbocycles. The van der Waals surface area contributed by atoms with Gasteiger partial charge in [-0.3, -0.25) is 4.90 Å². The summed E-state index contributed by atoms with van der Waals surface area (Å²) in [5, 5.41) is 0. The lowest BCUT2D eigenvalue weighted by Gasteiger charge is -2.16. The summed E-state index contributed by atoms with van der Waals surface area (Å²) in [6, 6.07) is 5.81. The Bertz CT molecular complexity index is 510. The lowest BCUT2D eigenvalue weighted by Crippen LogP contribution is -2.22. The van der Waals surface area contributed by atoms with Crippen molar-refractivity contribution in [2.24, 2.45) is 4.99 Å². The van der Waals surface area contributed by atoms with E-state index in [-0.39, 0.29) is 0 Å². The highest BCUT2D eigenvalue weighted by Crippen LogP contribution is 2.22. The molecule has 1 aliphatic heterocycles. The molecule has 86 valence electrons. The van der Waals surface area contributed by atoms with Crippen molar-refractivity contribution in [1.82, 2.24) is 4.98 Å². The van der Waals surface area contributed by atoms with Crippen molar-refractivity contribution in [3.63, 3.8) is 0 Å². The summed E-state index contributed by atoms with van der Waals surface area (Å²) >= 11 is 0. The van der Waals surface area contributed by atoms with E-state index in [1.54, 1.807) is 6.20 Å². The fourth-order valence-electron chi connectivity index (χ4n) is 1.64. The molecular weight excluding hydrogens is 210 g/mol. The van der Waals surface area contributed by atoms with Gasteiger partial charge < -0.3 is 0 Å². The number of hydrogen-bond donors (Lipinski definition) is 0. The number of aliphatic imine (C=N–C) groups is 1. The van der Waals surface area contributed by atoms with E-state index in [4.69, 9.17) is 0 Å². The Morgan fingerprint density at radius 1 is 1.47 bits per heavy atom. The van der Waals surface area contributed by atoms with Gasteiger partial charge in [-0.15, -0.1) is 0 Å². The maximum absolute atomic E-state index is 4.46. The Balaban J connectivity index is 2.42. The van der Waals surface area contributed by atoms with Gasteiger partial charge in [-0.05, 0) is 32.1 Å². The van der Waals surface area contributed by atoms with Crippen LogP contribution in [0.3, 0.4) is 0 Å². The monoisotopic (exact) mass is 225 g/mol. The summed E-state index contributed by atoms with van der Waals surface area (Å²) in [5.74, 6) is 1.74. The van der Waals surface area contributed by atoms with Gasteiger partial charge in [0.15, 0.2) is 0 Å². The average molecular weight is 225 g/mol. The zero-order valence-corrected chi connectivity index (χ0v) is 10.1. The number of pyridine rings is 1. The molecule has 0 amide bonds. The highest BCUT2D eigenvalue weighted by atomic mass is 15.2. The molecule has 1 aromatic heterocycles. The zero-order valence-electron chi connectivity index (χ0n) is 10.1. The SMILES string of the molecule is C=C(C)N=C1/C(=C\C)C=CN1c1ccccn1. The van der Waals surface area contributed by atoms with Crippen molar-refractivity contribution in [3.8, 4) is 0 Å². The summed E-state index contributed by atoms with van der Waals surface area (Å²) in [6.07, 6.45) is 7.80. The van der Waals surface area contributed by atoms with Crippen LogP contribution in [0.5, 0.6) is 0 Å². The highest BCUT2D eigenvalue weighted by molar-refractivity contribution is 6.15. The Morgan fingerprint density at radius 2 is 2.29 bits per heavy atom. The minimum Gasteiger partial charge on any atom is -0.285 e. The zero-order chi connectivity index (χ0) is 12.3. The number of rotatable bonds is 2. The van der Waals surface area contributed by atoms with Crippen LogP contribution >= 0.6 is 0 Å².